The van der Waals surface area contributed by atoms with Gasteiger partial charge in [-0.1, -0.05) is 12.1 Å². The van der Waals surface area contributed by atoms with Gasteiger partial charge in [0.05, 0.1) is 31.5 Å². The highest BCUT2D eigenvalue weighted by atomic mass is 16.5. The van der Waals surface area contributed by atoms with Gasteiger partial charge in [-0.15, -0.1) is 0 Å². The topological polar surface area (TPSA) is 124 Å². The van der Waals surface area contributed by atoms with Crippen LogP contribution in [0.2, 0.25) is 0 Å². The maximum Gasteiger partial charge on any atom is 0.255 e. The molecule has 3 aromatic rings. The number of hydrogen-bond acceptors (Lipinski definition) is 6. The second-order valence-corrected chi connectivity index (χ2v) is 9.56. The van der Waals surface area contributed by atoms with E-state index in [-0.39, 0.29) is 30.9 Å². The van der Waals surface area contributed by atoms with Gasteiger partial charge in [-0.05, 0) is 69.0 Å². The minimum Gasteiger partial charge on any atom is -0.497 e. The maximum absolute atomic E-state index is 13.1. The first-order chi connectivity index (χ1) is 18.8. The van der Waals surface area contributed by atoms with Gasteiger partial charge in [-0.3, -0.25) is 19.1 Å². The predicted octanol–water partition coefficient (Wildman–Crippen LogP) is 2.76. The molecule has 3 N–H and O–H groups in total. The Hall–Kier alpha value is -4.34. The number of ether oxygens (including phenoxy) is 2. The monoisotopic (exact) mass is 533 g/mol. The normalized spacial score (nSPS) is 16.6. The summed E-state index contributed by atoms with van der Waals surface area (Å²) in [7, 11) is 1.54. The molecule has 1 atom stereocenters. The van der Waals surface area contributed by atoms with Crippen LogP contribution in [0.4, 0.5) is 0 Å². The van der Waals surface area contributed by atoms with E-state index in [2.05, 4.69) is 21.0 Å². The fourth-order valence-electron chi connectivity index (χ4n) is 4.49. The number of methoxy groups -OCH3 is 1. The van der Waals surface area contributed by atoms with Gasteiger partial charge in [0.25, 0.3) is 11.8 Å². The van der Waals surface area contributed by atoms with Gasteiger partial charge in [0.1, 0.15) is 24.1 Å². The first-order valence-corrected chi connectivity index (χ1v) is 13.1. The second-order valence-electron chi connectivity index (χ2n) is 9.56. The molecule has 39 heavy (non-hydrogen) atoms. The summed E-state index contributed by atoms with van der Waals surface area (Å²) in [5.74, 6) is 0.102. The van der Waals surface area contributed by atoms with Gasteiger partial charge in [-0.2, -0.15) is 5.10 Å². The Morgan fingerprint density at radius 1 is 1.10 bits per heavy atom. The van der Waals surface area contributed by atoms with E-state index in [0.29, 0.717) is 55.0 Å². The van der Waals surface area contributed by atoms with Gasteiger partial charge < -0.3 is 25.4 Å². The van der Waals surface area contributed by atoms with Gasteiger partial charge in [-0.25, -0.2) is 0 Å². The average molecular weight is 534 g/mol. The third-order valence-corrected chi connectivity index (χ3v) is 6.54. The molecule has 0 bridgehead atoms. The van der Waals surface area contributed by atoms with Crippen LogP contribution in [0.5, 0.6) is 11.5 Å². The Balaban J connectivity index is 1.41. The third kappa shape index (κ3) is 7.37. The zero-order valence-electron chi connectivity index (χ0n) is 22.6. The predicted molar refractivity (Wildman–Crippen MR) is 146 cm³/mol. The van der Waals surface area contributed by atoms with E-state index >= 15 is 0 Å². The van der Waals surface area contributed by atoms with E-state index in [9.17, 15) is 14.4 Å². The molecular weight excluding hydrogens is 498 g/mol. The summed E-state index contributed by atoms with van der Waals surface area (Å²) in [4.78, 5) is 38.8. The molecule has 10 nitrogen and oxygen atoms in total. The average Bonchev–Trinajstić information content (AvgIpc) is 3.25. The molecule has 1 aliphatic rings. The molecule has 2 heterocycles. The number of benzene rings is 2. The molecule has 0 unspecified atom stereocenters. The van der Waals surface area contributed by atoms with Crippen molar-refractivity contribution < 1.29 is 23.9 Å². The van der Waals surface area contributed by atoms with Crippen LogP contribution in [0.25, 0.3) is 0 Å². The highest BCUT2D eigenvalue weighted by molar-refractivity contribution is 5.98. The summed E-state index contributed by atoms with van der Waals surface area (Å²) in [6, 6.07) is 13.6. The summed E-state index contributed by atoms with van der Waals surface area (Å²) in [6.45, 7) is 5.28. The third-order valence-electron chi connectivity index (χ3n) is 6.54. The van der Waals surface area contributed by atoms with E-state index < -0.39 is 6.04 Å². The van der Waals surface area contributed by atoms with Crippen LogP contribution < -0.4 is 25.4 Å². The highest BCUT2D eigenvalue weighted by Gasteiger charge is 2.22. The van der Waals surface area contributed by atoms with Crippen molar-refractivity contribution in [1.82, 2.24) is 25.7 Å². The molecule has 0 spiro atoms. The van der Waals surface area contributed by atoms with Crippen molar-refractivity contribution in [3.8, 4) is 11.5 Å². The molecule has 0 saturated carbocycles. The van der Waals surface area contributed by atoms with Crippen molar-refractivity contribution in [3.05, 3.63) is 76.6 Å². The summed E-state index contributed by atoms with van der Waals surface area (Å²) in [5.41, 5.74) is 3.80. The fourth-order valence-corrected chi connectivity index (χ4v) is 4.49. The lowest BCUT2D eigenvalue weighted by atomic mass is 10.1. The number of carbonyl (C=O) groups is 3. The lowest BCUT2D eigenvalue weighted by molar-refractivity contribution is -0.123. The van der Waals surface area contributed by atoms with Gasteiger partial charge in [0, 0.05) is 23.9 Å². The van der Waals surface area contributed by atoms with Crippen molar-refractivity contribution in [2.24, 2.45) is 0 Å². The summed E-state index contributed by atoms with van der Waals surface area (Å²) >= 11 is 0. The van der Waals surface area contributed by atoms with Crippen LogP contribution in [0.1, 0.15) is 56.9 Å². The molecule has 206 valence electrons. The summed E-state index contributed by atoms with van der Waals surface area (Å²) in [5, 5.41) is 13.1. The van der Waals surface area contributed by atoms with Gasteiger partial charge >= 0.3 is 0 Å². The Morgan fingerprint density at radius 2 is 1.95 bits per heavy atom. The van der Waals surface area contributed by atoms with E-state index in [0.717, 1.165) is 17.0 Å². The Kier molecular flexibility index (Phi) is 9.19. The van der Waals surface area contributed by atoms with Crippen LogP contribution >= 0.6 is 0 Å². The Bertz CT molecular complexity index is 1340. The number of aromatic nitrogens is 2. The summed E-state index contributed by atoms with van der Waals surface area (Å²) < 4.78 is 12.9. The molecule has 1 aliphatic heterocycles. The molecular formula is C29H35N5O5. The Morgan fingerprint density at radius 3 is 2.72 bits per heavy atom. The SMILES string of the molecule is COc1ccc2c(c1)OCCNC(=O)[C@@H](NC(=O)c1cccc(Cn3nc(C)cc3C)c1)CCCCNC2=O. The van der Waals surface area contributed by atoms with Crippen LogP contribution in [0.3, 0.4) is 0 Å². The smallest absolute Gasteiger partial charge is 0.255 e. The first kappa shape index (κ1) is 27.7. The lowest BCUT2D eigenvalue weighted by Crippen LogP contribution is -2.47. The second kappa shape index (κ2) is 12.9. The number of fused-ring (bicyclic) bond motifs is 1. The molecule has 0 radical (unpaired) electrons. The molecule has 0 fully saturated rings. The number of hydrogen-bond donors (Lipinski definition) is 3. The van der Waals surface area contributed by atoms with E-state index in [1.807, 2.05) is 42.8 Å². The van der Waals surface area contributed by atoms with Gasteiger partial charge in [0.15, 0.2) is 0 Å². The van der Waals surface area contributed by atoms with Crippen molar-refractivity contribution in [2.75, 3.05) is 26.8 Å². The van der Waals surface area contributed by atoms with Crippen molar-refractivity contribution in [1.29, 1.82) is 0 Å². The number of nitrogens with one attached hydrogen (secondary N) is 3. The molecule has 4 rings (SSSR count). The molecule has 10 heteroatoms. The van der Waals surface area contributed by atoms with E-state index in [4.69, 9.17) is 9.47 Å². The van der Waals surface area contributed by atoms with Crippen LogP contribution in [0, 0.1) is 13.8 Å². The lowest BCUT2D eigenvalue weighted by Gasteiger charge is -2.20. The number of carbonyl (C=O) groups excluding carboxylic acids is 3. The van der Waals surface area contributed by atoms with Crippen LogP contribution in [0.15, 0.2) is 48.5 Å². The zero-order valence-corrected chi connectivity index (χ0v) is 22.6. The van der Waals surface area contributed by atoms with Crippen molar-refractivity contribution >= 4 is 17.7 Å². The molecule has 0 aliphatic carbocycles. The minimum atomic E-state index is -0.719. The van der Waals surface area contributed by atoms with Crippen molar-refractivity contribution in [2.45, 2.75) is 45.7 Å². The molecule has 0 saturated heterocycles. The highest BCUT2D eigenvalue weighted by Crippen LogP contribution is 2.25. The number of nitrogens with zero attached hydrogens (tertiary/aromatic N) is 2. The first-order valence-electron chi connectivity index (χ1n) is 13.1. The summed E-state index contributed by atoms with van der Waals surface area (Å²) in [6.07, 6.45) is 1.73. The number of rotatable bonds is 5. The molecule has 2 aromatic carbocycles. The van der Waals surface area contributed by atoms with Crippen LogP contribution in [-0.2, 0) is 11.3 Å². The minimum absolute atomic E-state index is 0.147. The van der Waals surface area contributed by atoms with Gasteiger partial charge in [0.2, 0.25) is 5.91 Å². The molecule has 1 aromatic heterocycles. The van der Waals surface area contributed by atoms with E-state index in [1.165, 1.54) is 7.11 Å². The van der Waals surface area contributed by atoms with E-state index in [1.54, 1.807) is 24.3 Å². The Labute approximate surface area is 228 Å². The quantitative estimate of drug-likeness (QED) is 0.464. The molecule has 3 amide bonds. The van der Waals surface area contributed by atoms with Crippen LogP contribution in [-0.4, -0.2) is 60.4 Å². The number of amides is 3. The number of aryl methyl sites for hydroxylation is 2. The standard InChI is InChI=1S/C29H35N5O5/c1-19-15-20(2)34(33-19)18-21-7-6-8-22(16-21)27(35)32-25-9-4-5-12-30-28(36)24-11-10-23(38-3)17-26(24)39-14-13-31-29(25)37/h6-8,10-11,15-17,25H,4-5,9,12-14,18H2,1-3H3,(H,30,36)(H,31,37)(H,32,35)/t25-/m0/s1. The maximum atomic E-state index is 13.1. The zero-order chi connectivity index (χ0) is 27.8. The fraction of sp³-hybridized carbons (Fsp3) is 0.379. The largest absolute Gasteiger partial charge is 0.497 e. The van der Waals surface area contributed by atoms with Crippen molar-refractivity contribution in [3.63, 3.8) is 0 Å².